The van der Waals surface area contributed by atoms with E-state index in [1.54, 1.807) is 6.92 Å². The molecule has 0 heterocycles. The summed E-state index contributed by atoms with van der Waals surface area (Å²) in [6.07, 6.45) is 6.01. The molecule has 0 amide bonds. The molecule has 4 rings (SSSR count). The summed E-state index contributed by atoms with van der Waals surface area (Å²) in [6, 6.07) is 0. The van der Waals surface area contributed by atoms with Gasteiger partial charge in [-0.05, 0) is 58.0 Å². The average molecular weight is 223 g/mol. The van der Waals surface area contributed by atoms with Crippen LogP contribution in [0.1, 0.15) is 39.0 Å². The van der Waals surface area contributed by atoms with E-state index in [0.29, 0.717) is 0 Å². The number of nitrogens with zero attached hydrogens (tertiary/aromatic N) is 1. The summed E-state index contributed by atoms with van der Waals surface area (Å²) in [5.41, 5.74) is -0.0117. The molecule has 0 radical (unpaired) electrons. The lowest BCUT2D eigenvalue weighted by Gasteiger charge is -2.44. The van der Waals surface area contributed by atoms with Crippen LogP contribution in [0.3, 0.4) is 0 Å². The van der Waals surface area contributed by atoms with Gasteiger partial charge >= 0.3 is 5.97 Å². The second-order valence-electron chi connectivity index (χ2n) is 6.30. The first kappa shape index (κ1) is 10.6. The van der Waals surface area contributed by atoms with E-state index in [4.69, 9.17) is 4.74 Å². The fraction of sp³-hybridized carbons (Fsp3) is 0.923. The highest BCUT2D eigenvalue weighted by Crippen LogP contribution is 2.65. The number of likely N-dealkylation sites (N-methyl/N-ethyl adjacent to an activating group) is 1. The smallest absolute Gasteiger partial charge is 0.303 e. The van der Waals surface area contributed by atoms with Gasteiger partial charge in [0.2, 0.25) is 0 Å². The molecule has 3 nitrogen and oxygen atoms in total. The zero-order valence-electron chi connectivity index (χ0n) is 10.5. The zero-order chi connectivity index (χ0) is 11.6. The Kier molecular flexibility index (Phi) is 1.99. The molecule has 16 heavy (non-hydrogen) atoms. The molecule has 0 aromatic heterocycles. The van der Waals surface area contributed by atoms with Crippen molar-refractivity contribution in [3.05, 3.63) is 0 Å². The Hall–Kier alpha value is -0.570. The summed E-state index contributed by atoms with van der Waals surface area (Å²) in [5, 5.41) is 0. The molecule has 4 aliphatic carbocycles. The van der Waals surface area contributed by atoms with Gasteiger partial charge in [-0.15, -0.1) is 0 Å². The number of esters is 1. The second kappa shape index (κ2) is 3.00. The van der Waals surface area contributed by atoms with Crippen LogP contribution in [0.4, 0.5) is 0 Å². The lowest BCUT2D eigenvalue weighted by Crippen LogP contribution is -2.57. The van der Waals surface area contributed by atoms with Gasteiger partial charge in [0.15, 0.2) is 0 Å². The van der Waals surface area contributed by atoms with E-state index in [-0.39, 0.29) is 17.1 Å². The maximum atomic E-state index is 11.4. The van der Waals surface area contributed by atoms with Gasteiger partial charge in [-0.2, -0.15) is 0 Å². The first-order valence-corrected chi connectivity index (χ1v) is 6.34. The maximum Gasteiger partial charge on any atom is 0.303 e. The Balaban J connectivity index is 2.00. The highest BCUT2D eigenvalue weighted by molar-refractivity contribution is 5.67. The van der Waals surface area contributed by atoms with E-state index in [0.717, 1.165) is 24.7 Å². The Morgan fingerprint density at radius 1 is 1.19 bits per heavy atom. The van der Waals surface area contributed by atoms with Gasteiger partial charge in [0.1, 0.15) is 5.60 Å². The molecule has 0 N–H and O–H groups in total. The average Bonchev–Trinajstić information content (AvgIpc) is 2.46. The molecule has 4 saturated carbocycles. The van der Waals surface area contributed by atoms with Crippen molar-refractivity contribution in [1.82, 2.24) is 4.90 Å². The van der Waals surface area contributed by atoms with Gasteiger partial charge in [-0.3, -0.25) is 4.79 Å². The Morgan fingerprint density at radius 3 is 2.19 bits per heavy atom. The molecule has 4 fully saturated rings. The van der Waals surface area contributed by atoms with Crippen molar-refractivity contribution < 1.29 is 9.53 Å². The number of ether oxygens (including phenoxy) is 1. The molecule has 4 atom stereocenters. The molecular formula is C13H21NO2. The summed E-state index contributed by atoms with van der Waals surface area (Å²) >= 11 is 0. The standard InChI is InChI=1S/C13H21NO2/c1-9(15)16-13-7-10-4-11(8-13)6-12(13,5-10)14(2)3/h10-11H,4-8H2,1-3H3/t10-,11+,12?,13?. The zero-order valence-corrected chi connectivity index (χ0v) is 10.5. The third-order valence-electron chi connectivity index (χ3n) is 5.20. The van der Waals surface area contributed by atoms with Crippen molar-refractivity contribution in [2.24, 2.45) is 11.8 Å². The van der Waals surface area contributed by atoms with E-state index >= 15 is 0 Å². The van der Waals surface area contributed by atoms with Crippen molar-refractivity contribution in [3.63, 3.8) is 0 Å². The van der Waals surface area contributed by atoms with Crippen LogP contribution in [0, 0.1) is 11.8 Å². The second-order valence-corrected chi connectivity index (χ2v) is 6.30. The van der Waals surface area contributed by atoms with Gasteiger partial charge in [0.25, 0.3) is 0 Å². The molecule has 90 valence electrons. The van der Waals surface area contributed by atoms with Crippen molar-refractivity contribution in [2.45, 2.75) is 50.2 Å². The quantitative estimate of drug-likeness (QED) is 0.669. The predicted octanol–water partition coefficient (Wildman–Crippen LogP) is 1.81. The van der Waals surface area contributed by atoms with Gasteiger partial charge in [0, 0.05) is 6.92 Å². The van der Waals surface area contributed by atoms with Gasteiger partial charge in [-0.1, -0.05) is 0 Å². The minimum atomic E-state index is -0.157. The number of hydrogen-bond acceptors (Lipinski definition) is 3. The third-order valence-corrected chi connectivity index (χ3v) is 5.20. The molecule has 0 aliphatic heterocycles. The summed E-state index contributed by atoms with van der Waals surface area (Å²) in [5.74, 6) is 1.47. The van der Waals surface area contributed by atoms with E-state index in [9.17, 15) is 4.79 Å². The highest BCUT2D eigenvalue weighted by atomic mass is 16.6. The summed E-state index contributed by atoms with van der Waals surface area (Å²) < 4.78 is 5.81. The van der Waals surface area contributed by atoms with Crippen molar-refractivity contribution >= 4 is 5.97 Å². The topological polar surface area (TPSA) is 29.5 Å². The van der Waals surface area contributed by atoms with Crippen LogP contribution in [-0.4, -0.2) is 36.1 Å². The van der Waals surface area contributed by atoms with Gasteiger partial charge < -0.3 is 9.64 Å². The number of carbonyl (C=O) groups excluding carboxylic acids is 1. The van der Waals surface area contributed by atoms with E-state index < -0.39 is 0 Å². The highest BCUT2D eigenvalue weighted by Gasteiger charge is 2.70. The minimum absolute atomic E-state index is 0.102. The summed E-state index contributed by atoms with van der Waals surface area (Å²) in [6.45, 7) is 1.55. The Labute approximate surface area is 97.1 Å². The Bertz CT molecular complexity index is 323. The molecule has 0 saturated heterocycles. The largest absolute Gasteiger partial charge is 0.457 e. The third kappa shape index (κ3) is 1.10. The van der Waals surface area contributed by atoms with Gasteiger partial charge in [-0.25, -0.2) is 0 Å². The fourth-order valence-corrected chi connectivity index (χ4v) is 4.98. The van der Waals surface area contributed by atoms with Crippen LogP contribution < -0.4 is 0 Å². The van der Waals surface area contributed by atoms with Crippen LogP contribution >= 0.6 is 0 Å². The fourth-order valence-electron chi connectivity index (χ4n) is 4.98. The first-order valence-electron chi connectivity index (χ1n) is 6.34. The van der Waals surface area contributed by atoms with E-state index in [1.165, 1.54) is 19.3 Å². The van der Waals surface area contributed by atoms with Crippen molar-refractivity contribution in [3.8, 4) is 0 Å². The van der Waals surface area contributed by atoms with Gasteiger partial charge in [0.05, 0.1) is 5.54 Å². The number of carbonyl (C=O) groups is 1. The van der Waals surface area contributed by atoms with Crippen LogP contribution in [0.25, 0.3) is 0 Å². The van der Waals surface area contributed by atoms with Crippen LogP contribution in [-0.2, 0) is 9.53 Å². The molecule has 3 heteroatoms. The SMILES string of the molecule is CC(=O)OC12C[C@H]3C[C@@H](C1)CC2(N(C)C)C3. The van der Waals surface area contributed by atoms with E-state index in [2.05, 4.69) is 19.0 Å². The molecule has 0 spiro atoms. The Morgan fingerprint density at radius 2 is 1.75 bits per heavy atom. The normalized spacial score (nSPS) is 49.0. The first-order chi connectivity index (χ1) is 7.47. The number of hydrogen-bond donors (Lipinski definition) is 0. The molecular weight excluding hydrogens is 202 g/mol. The minimum Gasteiger partial charge on any atom is -0.457 e. The monoisotopic (exact) mass is 223 g/mol. The molecule has 2 unspecified atom stereocenters. The maximum absolute atomic E-state index is 11.4. The molecule has 4 aliphatic rings. The molecule has 0 aromatic rings. The summed E-state index contributed by atoms with van der Waals surface area (Å²) in [7, 11) is 4.29. The van der Waals surface area contributed by atoms with Crippen LogP contribution in [0.15, 0.2) is 0 Å². The van der Waals surface area contributed by atoms with E-state index in [1.807, 2.05) is 0 Å². The van der Waals surface area contributed by atoms with Crippen molar-refractivity contribution in [1.29, 1.82) is 0 Å². The van der Waals surface area contributed by atoms with Crippen molar-refractivity contribution in [2.75, 3.05) is 14.1 Å². The summed E-state index contributed by atoms with van der Waals surface area (Å²) in [4.78, 5) is 13.7. The van der Waals surface area contributed by atoms with Crippen LogP contribution in [0.2, 0.25) is 0 Å². The lowest BCUT2D eigenvalue weighted by atomic mass is 9.80. The predicted molar refractivity (Wildman–Crippen MR) is 61.0 cm³/mol. The molecule has 4 bridgehead atoms. The lowest BCUT2D eigenvalue weighted by molar-refractivity contribution is -0.168. The number of rotatable bonds is 2. The molecule has 0 aromatic carbocycles. The van der Waals surface area contributed by atoms with Crippen LogP contribution in [0.5, 0.6) is 0 Å².